The van der Waals surface area contributed by atoms with Crippen molar-refractivity contribution in [2.45, 2.75) is 19.4 Å². The first kappa shape index (κ1) is 12.7. The number of aromatic nitrogens is 1. The first-order valence-corrected chi connectivity index (χ1v) is 7.64. The van der Waals surface area contributed by atoms with Crippen LogP contribution in [0.15, 0.2) is 48.7 Å². The van der Waals surface area contributed by atoms with E-state index in [1.165, 1.54) is 33.2 Å². The van der Waals surface area contributed by atoms with Crippen LogP contribution in [0, 0.1) is 0 Å². The summed E-state index contributed by atoms with van der Waals surface area (Å²) in [6, 6.07) is 15.5. The van der Waals surface area contributed by atoms with Gasteiger partial charge < -0.3 is 9.88 Å². The third-order valence-electron chi connectivity index (χ3n) is 4.58. The molecule has 1 N–H and O–H groups in total. The van der Waals surface area contributed by atoms with Crippen LogP contribution in [0.1, 0.15) is 22.3 Å². The minimum absolute atomic E-state index is 1.02. The van der Waals surface area contributed by atoms with Crippen LogP contribution in [0.2, 0.25) is 0 Å². The van der Waals surface area contributed by atoms with Crippen molar-refractivity contribution in [3.8, 4) is 0 Å². The quantitative estimate of drug-likeness (QED) is 0.662. The minimum atomic E-state index is 1.02. The highest BCUT2D eigenvalue weighted by molar-refractivity contribution is 5.87. The van der Waals surface area contributed by atoms with Gasteiger partial charge in [-0.05, 0) is 48.2 Å². The standard InChI is InChI=1S/C19H20N2/c1-21-10-9-16-12-20-18-8-4-7-15(19(16)18)11-14-5-2-3-6-17(14)13-21/h2-8,12,20H,9-11,13H2,1H3. The second-order valence-electron chi connectivity index (χ2n) is 6.09. The lowest BCUT2D eigenvalue weighted by Gasteiger charge is -2.21. The van der Waals surface area contributed by atoms with Crippen molar-refractivity contribution >= 4 is 10.9 Å². The van der Waals surface area contributed by atoms with Crippen molar-refractivity contribution in [2.24, 2.45) is 0 Å². The van der Waals surface area contributed by atoms with Gasteiger partial charge in [0.1, 0.15) is 0 Å². The molecule has 0 unspecified atom stereocenters. The molecule has 1 aliphatic heterocycles. The van der Waals surface area contributed by atoms with Crippen molar-refractivity contribution in [2.75, 3.05) is 13.6 Å². The third kappa shape index (κ3) is 2.26. The highest BCUT2D eigenvalue weighted by Gasteiger charge is 2.14. The maximum absolute atomic E-state index is 3.44. The number of fused-ring (bicyclic) bond motifs is 1. The van der Waals surface area contributed by atoms with Gasteiger partial charge in [0, 0.05) is 30.2 Å². The fourth-order valence-corrected chi connectivity index (χ4v) is 3.45. The number of rotatable bonds is 0. The van der Waals surface area contributed by atoms with Crippen molar-refractivity contribution in [3.63, 3.8) is 0 Å². The smallest absolute Gasteiger partial charge is 0.0459 e. The van der Waals surface area contributed by atoms with E-state index in [4.69, 9.17) is 0 Å². The van der Waals surface area contributed by atoms with Crippen molar-refractivity contribution in [3.05, 3.63) is 70.9 Å². The number of nitrogens with zero attached hydrogens (tertiary/aromatic N) is 1. The van der Waals surface area contributed by atoms with Crippen molar-refractivity contribution < 1.29 is 0 Å². The van der Waals surface area contributed by atoms with Gasteiger partial charge >= 0.3 is 0 Å². The maximum Gasteiger partial charge on any atom is 0.0459 e. The highest BCUT2D eigenvalue weighted by atomic mass is 15.1. The molecule has 0 radical (unpaired) electrons. The molecule has 4 rings (SSSR count). The van der Waals surface area contributed by atoms with E-state index in [9.17, 15) is 0 Å². The Kier molecular flexibility index (Phi) is 3.04. The van der Waals surface area contributed by atoms with Crippen LogP contribution < -0.4 is 0 Å². The zero-order chi connectivity index (χ0) is 14.2. The molecule has 1 aromatic heterocycles. The molecule has 0 bridgehead atoms. The lowest BCUT2D eigenvalue weighted by Crippen LogP contribution is -2.22. The molecule has 0 saturated carbocycles. The molecule has 0 spiro atoms. The van der Waals surface area contributed by atoms with Crippen LogP contribution in [0.25, 0.3) is 10.9 Å². The number of hydrogen-bond acceptors (Lipinski definition) is 1. The fourth-order valence-electron chi connectivity index (χ4n) is 3.45. The molecule has 1 aliphatic rings. The van der Waals surface area contributed by atoms with Crippen LogP contribution in [-0.4, -0.2) is 23.5 Å². The average Bonchev–Trinajstić information content (AvgIpc) is 2.91. The fraction of sp³-hybridized carbons (Fsp3) is 0.263. The Morgan fingerprint density at radius 1 is 0.905 bits per heavy atom. The molecule has 0 aliphatic carbocycles. The second-order valence-corrected chi connectivity index (χ2v) is 6.09. The number of likely N-dealkylation sites (N-methyl/N-ethyl adjacent to an activating group) is 1. The molecule has 106 valence electrons. The van der Waals surface area contributed by atoms with Crippen LogP contribution >= 0.6 is 0 Å². The number of H-pyrrole nitrogens is 1. The molecule has 2 aromatic carbocycles. The summed E-state index contributed by atoms with van der Waals surface area (Å²) in [6.45, 7) is 2.13. The van der Waals surface area contributed by atoms with E-state index in [0.29, 0.717) is 0 Å². The molecule has 3 aromatic rings. The summed E-state index contributed by atoms with van der Waals surface area (Å²) in [7, 11) is 2.22. The Balaban J connectivity index is 1.92. The molecule has 0 atom stereocenters. The molecule has 2 nitrogen and oxygen atoms in total. The van der Waals surface area contributed by atoms with E-state index in [2.05, 4.69) is 65.6 Å². The van der Waals surface area contributed by atoms with Gasteiger partial charge in [-0.1, -0.05) is 36.4 Å². The Hall–Kier alpha value is -2.06. The maximum atomic E-state index is 3.44. The van der Waals surface area contributed by atoms with E-state index < -0.39 is 0 Å². The summed E-state index contributed by atoms with van der Waals surface area (Å²) >= 11 is 0. The summed E-state index contributed by atoms with van der Waals surface area (Å²) in [4.78, 5) is 5.86. The van der Waals surface area contributed by atoms with E-state index in [1.54, 1.807) is 0 Å². The van der Waals surface area contributed by atoms with Gasteiger partial charge in [-0.3, -0.25) is 0 Å². The largest absolute Gasteiger partial charge is 0.361 e. The number of nitrogens with one attached hydrogen (secondary N) is 1. The van der Waals surface area contributed by atoms with Gasteiger partial charge in [0.2, 0.25) is 0 Å². The van der Waals surface area contributed by atoms with E-state index in [1.807, 2.05) is 0 Å². The highest BCUT2D eigenvalue weighted by Crippen LogP contribution is 2.27. The van der Waals surface area contributed by atoms with Gasteiger partial charge in [-0.25, -0.2) is 0 Å². The predicted molar refractivity (Wildman–Crippen MR) is 87.6 cm³/mol. The molecule has 2 heterocycles. The lowest BCUT2D eigenvalue weighted by molar-refractivity contribution is 0.330. The van der Waals surface area contributed by atoms with E-state index in [-0.39, 0.29) is 0 Å². The Bertz CT molecular complexity index is 785. The third-order valence-corrected chi connectivity index (χ3v) is 4.58. The zero-order valence-corrected chi connectivity index (χ0v) is 12.4. The molecular formula is C19H20N2. The van der Waals surface area contributed by atoms with Gasteiger partial charge in [-0.2, -0.15) is 0 Å². The topological polar surface area (TPSA) is 19.0 Å². The monoisotopic (exact) mass is 276 g/mol. The Morgan fingerprint density at radius 2 is 1.71 bits per heavy atom. The van der Waals surface area contributed by atoms with Gasteiger partial charge in [0.05, 0.1) is 0 Å². The zero-order valence-electron chi connectivity index (χ0n) is 12.4. The summed E-state index contributed by atoms with van der Waals surface area (Å²) in [5.41, 5.74) is 7.07. The van der Waals surface area contributed by atoms with Crippen LogP contribution in [0.5, 0.6) is 0 Å². The SMILES string of the molecule is CN1CCc2c[nH]c3cccc(c23)Cc2ccccc2C1. The first-order chi connectivity index (χ1) is 10.3. The number of aromatic amines is 1. The molecular weight excluding hydrogens is 256 g/mol. The Labute approximate surface area is 125 Å². The van der Waals surface area contributed by atoms with E-state index >= 15 is 0 Å². The van der Waals surface area contributed by atoms with Crippen LogP contribution in [0.3, 0.4) is 0 Å². The van der Waals surface area contributed by atoms with Crippen molar-refractivity contribution in [1.29, 1.82) is 0 Å². The van der Waals surface area contributed by atoms with E-state index in [0.717, 1.165) is 25.9 Å². The number of benzene rings is 2. The molecule has 0 saturated heterocycles. The lowest BCUT2D eigenvalue weighted by atomic mass is 9.94. The predicted octanol–water partition coefficient (Wildman–Crippen LogP) is 3.75. The van der Waals surface area contributed by atoms with Gasteiger partial charge in [0.25, 0.3) is 0 Å². The average molecular weight is 276 g/mol. The normalized spacial score (nSPS) is 15.9. The summed E-state index contributed by atoms with van der Waals surface area (Å²) < 4.78 is 0. The minimum Gasteiger partial charge on any atom is -0.361 e. The Morgan fingerprint density at radius 3 is 2.62 bits per heavy atom. The molecule has 21 heavy (non-hydrogen) atoms. The molecule has 0 fully saturated rings. The summed E-state index contributed by atoms with van der Waals surface area (Å²) in [5, 5.41) is 1.43. The van der Waals surface area contributed by atoms with Gasteiger partial charge in [-0.15, -0.1) is 0 Å². The molecule has 0 amide bonds. The van der Waals surface area contributed by atoms with Crippen molar-refractivity contribution in [1.82, 2.24) is 9.88 Å². The first-order valence-electron chi connectivity index (χ1n) is 7.64. The summed E-state index contributed by atoms with van der Waals surface area (Å²) in [6.07, 6.45) is 4.32. The second kappa shape index (κ2) is 5.05. The summed E-state index contributed by atoms with van der Waals surface area (Å²) in [5.74, 6) is 0. The number of hydrogen-bond donors (Lipinski definition) is 1. The van der Waals surface area contributed by atoms with Gasteiger partial charge in [0.15, 0.2) is 0 Å². The van der Waals surface area contributed by atoms with Crippen LogP contribution in [0.4, 0.5) is 0 Å². The molecule has 2 heteroatoms. The van der Waals surface area contributed by atoms with Crippen LogP contribution in [-0.2, 0) is 19.4 Å².